The normalized spacial score (nSPS) is 18.4. The van der Waals surface area contributed by atoms with Gasteiger partial charge >= 0.3 is 0 Å². The molecule has 0 radical (unpaired) electrons. The van der Waals surface area contributed by atoms with Crippen LogP contribution in [0.2, 0.25) is 0 Å². The van der Waals surface area contributed by atoms with Gasteiger partial charge in [0.1, 0.15) is 30.4 Å². The van der Waals surface area contributed by atoms with E-state index in [-0.39, 0.29) is 5.60 Å². The van der Waals surface area contributed by atoms with Gasteiger partial charge in [0.25, 0.3) is 0 Å². The summed E-state index contributed by atoms with van der Waals surface area (Å²) in [5, 5.41) is 0. The second kappa shape index (κ2) is 13.0. The highest BCUT2D eigenvalue weighted by molar-refractivity contribution is 5.43. The van der Waals surface area contributed by atoms with Crippen LogP contribution in [0.4, 0.5) is 0 Å². The number of aryl methyl sites for hydroxylation is 2. The molecule has 1 fully saturated rings. The molecule has 2 aromatic carbocycles. The molecule has 0 N–H and O–H groups in total. The summed E-state index contributed by atoms with van der Waals surface area (Å²) in [5.41, 5.74) is 2.19. The fraction of sp³-hybridized carbons (Fsp3) is 0.500. The molecule has 0 aliphatic carbocycles. The van der Waals surface area contributed by atoms with Crippen LogP contribution in [0.1, 0.15) is 43.1 Å². The molecule has 1 unspecified atom stereocenters. The molecule has 0 spiro atoms. The number of hydrogen-bond acceptors (Lipinski definition) is 6. The van der Waals surface area contributed by atoms with Crippen molar-refractivity contribution in [1.29, 1.82) is 0 Å². The lowest BCUT2D eigenvalue weighted by Gasteiger charge is -2.31. The summed E-state index contributed by atoms with van der Waals surface area (Å²) in [7, 11) is 3.51. The molecule has 0 amide bonds. The van der Waals surface area contributed by atoms with Gasteiger partial charge in [-0.05, 0) is 62.6 Å². The van der Waals surface area contributed by atoms with E-state index in [1.165, 1.54) is 11.1 Å². The van der Waals surface area contributed by atoms with E-state index in [9.17, 15) is 0 Å². The molecule has 1 atom stereocenters. The Morgan fingerprint density at radius 2 is 1.81 bits per heavy atom. The van der Waals surface area contributed by atoms with Gasteiger partial charge in [-0.3, -0.25) is 4.90 Å². The maximum Gasteiger partial charge on any atom is 0.161 e. The summed E-state index contributed by atoms with van der Waals surface area (Å²) in [6.07, 6.45) is 7.73. The van der Waals surface area contributed by atoms with Crippen LogP contribution in [0.25, 0.3) is 0 Å². The third-order valence-corrected chi connectivity index (χ3v) is 7.29. The molecule has 37 heavy (non-hydrogen) atoms. The molecule has 0 bridgehead atoms. The summed E-state index contributed by atoms with van der Waals surface area (Å²) in [6.45, 7) is 8.94. The second-order valence-corrected chi connectivity index (χ2v) is 9.84. The molecule has 200 valence electrons. The van der Waals surface area contributed by atoms with E-state index in [1.807, 2.05) is 37.7 Å². The van der Waals surface area contributed by atoms with Gasteiger partial charge in [-0.25, -0.2) is 4.98 Å². The number of ether oxygens (including phenoxy) is 4. The fourth-order valence-electron chi connectivity index (χ4n) is 4.94. The zero-order valence-corrected chi connectivity index (χ0v) is 22.7. The van der Waals surface area contributed by atoms with Crippen LogP contribution < -0.4 is 14.2 Å². The third-order valence-electron chi connectivity index (χ3n) is 7.29. The first kappa shape index (κ1) is 27.0. The highest BCUT2D eigenvalue weighted by Gasteiger charge is 2.33. The first-order valence-corrected chi connectivity index (χ1v) is 13.3. The van der Waals surface area contributed by atoms with Crippen molar-refractivity contribution in [2.24, 2.45) is 0 Å². The fourth-order valence-corrected chi connectivity index (χ4v) is 4.94. The Hall–Kier alpha value is -3.03. The topological polar surface area (TPSA) is 58.0 Å². The molecule has 4 rings (SSSR count). The Morgan fingerprint density at radius 3 is 2.57 bits per heavy atom. The minimum atomic E-state index is -0.262. The predicted octanol–water partition coefficient (Wildman–Crippen LogP) is 5.29. The summed E-state index contributed by atoms with van der Waals surface area (Å²) >= 11 is 0. The third kappa shape index (κ3) is 7.27. The average molecular weight is 508 g/mol. The van der Waals surface area contributed by atoms with Crippen LogP contribution >= 0.6 is 0 Å². The van der Waals surface area contributed by atoms with Gasteiger partial charge in [0.2, 0.25) is 0 Å². The monoisotopic (exact) mass is 507 g/mol. The standard InChI is InChI=1S/C30H41N3O4/c1-5-29-31-15-18-33(29)19-20-36-27-12-9-25(21-28(27)34-3)22-32-16-6-13-30(35-4,14-17-32)23-37-26-10-7-24(2)8-11-26/h7-12,15,18,21H,5-6,13-14,16-17,19-20,22-23H2,1-4H3. The van der Waals surface area contributed by atoms with Gasteiger partial charge in [0.05, 0.1) is 13.7 Å². The van der Waals surface area contributed by atoms with E-state index in [0.29, 0.717) is 13.2 Å². The number of nitrogens with zero attached hydrogens (tertiary/aromatic N) is 3. The molecule has 1 saturated heterocycles. The second-order valence-electron chi connectivity index (χ2n) is 9.84. The molecular weight excluding hydrogens is 466 g/mol. The van der Waals surface area contributed by atoms with Crippen molar-refractivity contribution >= 4 is 0 Å². The molecular formula is C30H41N3O4. The zero-order chi connectivity index (χ0) is 26.1. The molecule has 1 aliphatic rings. The van der Waals surface area contributed by atoms with Crippen molar-refractivity contribution in [3.63, 3.8) is 0 Å². The minimum absolute atomic E-state index is 0.262. The van der Waals surface area contributed by atoms with Crippen molar-refractivity contribution in [1.82, 2.24) is 14.5 Å². The van der Waals surface area contributed by atoms with Crippen LogP contribution in [0, 0.1) is 6.92 Å². The van der Waals surface area contributed by atoms with Crippen LogP contribution in [0.3, 0.4) is 0 Å². The Balaban J connectivity index is 1.31. The van der Waals surface area contributed by atoms with Gasteiger partial charge in [-0.2, -0.15) is 0 Å². The largest absolute Gasteiger partial charge is 0.493 e. The number of likely N-dealkylation sites (tertiary alicyclic amines) is 1. The van der Waals surface area contributed by atoms with Gasteiger partial charge in [-0.1, -0.05) is 30.7 Å². The van der Waals surface area contributed by atoms with E-state index in [1.54, 1.807) is 7.11 Å². The van der Waals surface area contributed by atoms with E-state index in [0.717, 1.165) is 74.9 Å². The molecule has 2 heterocycles. The smallest absolute Gasteiger partial charge is 0.161 e. The van der Waals surface area contributed by atoms with Crippen LogP contribution in [-0.4, -0.2) is 60.6 Å². The SMILES string of the molecule is CCc1nccn1CCOc1ccc(CN2CCCC(COc3ccc(C)cc3)(OC)CC2)cc1OC. The Labute approximate surface area is 221 Å². The van der Waals surface area contributed by atoms with E-state index >= 15 is 0 Å². The molecule has 3 aromatic rings. The quantitative estimate of drug-likeness (QED) is 0.332. The number of aromatic nitrogens is 2. The number of rotatable bonds is 12. The van der Waals surface area contributed by atoms with Crippen LogP contribution in [-0.2, 0) is 24.2 Å². The number of imidazole rings is 1. The Morgan fingerprint density at radius 1 is 0.973 bits per heavy atom. The Bertz CT molecular complexity index is 1110. The van der Waals surface area contributed by atoms with Gasteiger partial charge in [0, 0.05) is 39.0 Å². The van der Waals surface area contributed by atoms with Gasteiger partial charge < -0.3 is 23.5 Å². The molecule has 7 heteroatoms. The van der Waals surface area contributed by atoms with E-state index in [4.69, 9.17) is 18.9 Å². The van der Waals surface area contributed by atoms with Crippen LogP contribution in [0.15, 0.2) is 54.9 Å². The summed E-state index contributed by atoms with van der Waals surface area (Å²) in [4.78, 5) is 6.87. The Kier molecular flexibility index (Phi) is 9.47. The van der Waals surface area contributed by atoms with Gasteiger partial charge in [-0.15, -0.1) is 0 Å². The summed E-state index contributed by atoms with van der Waals surface area (Å²) < 4.78 is 26.0. The van der Waals surface area contributed by atoms with Crippen molar-refractivity contribution in [2.75, 3.05) is 40.5 Å². The van der Waals surface area contributed by atoms with E-state index in [2.05, 4.69) is 52.6 Å². The molecule has 1 aromatic heterocycles. The lowest BCUT2D eigenvalue weighted by atomic mass is 9.95. The van der Waals surface area contributed by atoms with Crippen molar-refractivity contribution in [2.45, 2.75) is 58.2 Å². The maximum atomic E-state index is 6.14. The van der Waals surface area contributed by atoms with Crippen molar-refractivity contribution in [3.8, 4) is 17.2 Å². The summed E-state index contributed by atoms with van der Waals surface area (Å²) in [5.74, 6) is 3.51. The predicted molar refractivity (Wildman–Crippen MR) is 146 cm³/mol. The lowest BCUT2D eigenvalue weighted by Crippen LogP contribution is -2.39. The molecule has 0 saturated carbocycles. The summed E-state index contributed by atoms with van der Waals surface area (Å²) in [6, 6.07) is 14.5. The average Bonchev–Trinajstić information content (AvgIpc) is 3.29. The van der Waals surface area contributed by atoms with Crippen LogP contribution in [0.5, 0.6) is 17.2 Å². The maximum absolute atomic E-state index is 6.14. The lowest BCUT2D eigenvalue weighted by molar-refractivity contribution is -0.0541. The number of hydrogen-bond donors (Lipinski definition) is 0. The molecule has 1 aliphatic heterocycles. The zero-order valence-electron chi connectivity index (χ0n) is 22.7. The highest BCUT2D eigenvalue weighted by atomic mass is 16.5. The van der Waals surface area contributed by atoms with Crippen molar-refractivity contribution < 1.29 is 18.9 Å². The van der Waals surface area contributed by atoms with Gasteiger partial charge in [0.15, 0.2) is 11.5 Å². The molecule has 7 nitrogen and oxygen atoms in total. The first-order chi connectivity index (χ1) is 18.0. The van der Waals surface area contributed by atoms with Crippen molar-refractivity contribution in [3.05, 3.63) is 71.8 Å². The van der Waals surface area contributed by atoms with E-state index < -0.39 is 0 Å². The number of methoxy groups -OCH3 is 2. The minimum Gasteiger partial charge on any atom is -0.493 e. The highest BCUT2D eigenvalue weighted by Crippen LogP contribution is 2.31. The number of benzene rings is 2. The first-order valence-electron chi connectivity index (χ1n) is 13.3.